The number of rotatable bonds is 5. The fraction of sp³-hybridized carbons (Fsp3) is 0.273. The lowest BCUT2D eigenvalue weighted by atomic mass is 10.1. The van der Waals surface area contributed by atoms with Crippen LogP contribution in [0.3, 0.4) is 0 Å². The van der Waals surface area contributed by atoms with E-state index in [1.807, 2.05) is 35.2 Å². The van der Waals surface area contributed by atoms with Crippen LogP contribution in [0.2, 0.25) is 5.02 Å². The molecule has 0 aliphatic carbocycles. The van der Waals surface area contributed by atoms with Gasteiger partial charge in [-0.05, 0) is 48.5 Å². The van der Waals surface area contributed by atoms with Crippen LogP contribution in [-0.2, 0) is 6.54 Å². The van der Waals surface area contributed by atoms with Crippen molar-refractivity contribution in [3.63, 3.8) is 0 Å². The van der Waals surface area contributed by atoms with Crippen molar-refractivity contribution in [1.29, 1.82) is 0 Å². The Balaban J connectivity index is 1.32. The predicted octanol–water partition coefficient (Wildman–Crippen LogP) is 3.96. The number of hydrogen-bond acceptors (Lipinski definition) is 5. The van der Waals surface area contributed by atoms with Crippen LogP contribution >= 0.6 is 11.6 Å². The van der Waals surface area contributed by atoms with Crippen molar-refractivity contribution in [2.24, 2.45) is 0 Å². The third-order valence-electron chi connectivity index (χ3n) is 5.07. The monoisotopic (exact) mass is 411 g/mol. The van der Waals surface area contributed by atoms with Gasteiger partial charge in [0.05, 0.1) is 13.7 Å². The summed E-state index contributed by atoms with van der Waals surface area (Å²) in [4.78, 5) is 16.8. The summed E-state index contributed by atoms with van der Waals surface area (Å²) in [7, 11) is 1.64. The summed E-state index contributed by atoms with van der Waals surface area (Å²) in [6.45, 7) is 3.61. The van der Waals surface area contributed by atoms with E-state index in [0.29, 0.717) is 30.2 Å². The van der Waals surface area contributed by atoms with Crippen molar-refractivity contribution in [3.05, 3.63) is 70.9 Å². The summed E-state index contributed by atoms with van der Waals surface area (Å²) in [5, 5.41) is 4.81. The Bertz CT molecular complexity index is 962. The van der Waals surface area contributed by atoms with E-state index in [-0.39, 0.29) is 5.91 Å². The Labute approximate surface area is 174 Å². The maximum Gasteiger partial charge on any atom is 0.253 e. The van der Waals surface area contributed by atoms with E-state index in [1.54, 1.807) is 31.4 Å². The second-order valence-electron chi connectivity index (χ2n) is 6.98. The number of amides is 1. The van der Waals surface area contributed by atoms with Gasteiger partial charge < -0.3 is 14.2 Å². The number of ether oxygens (including phenoxy) is 1. The van der Waals surface area contributed by atoms with Gasteiger partial charge in [-0.15, -0.1) is 0 Å². The van der Waals surface area contributed by atoms with Gasteiger partial charge in [0.15, 0.2) is 5.76 Å². The molecule has 0 unspecified atom stereocenters. The first-order valence-corrected chi connectivity index (χ1v) is 9.87. The van der Waals surface area contributed by atoms with Crippen LogP contribution in [0.25, 0.3) is 11.3 Å². The van der Waals surface area contributed by atoms with Crippen LogP contribution in [0.5, 0.6) is 5.75 Å². The molecule has 1 fully saturated rings. The lowest BCUT2D eigenvalue weighted by molar-refractivity contribution is 0.0617. The van der Waals surface area contributed by atoms with Crippen LogP contribution in [0, 0.1) is 0 Å². The molecule has 0 spiro atoms. The molecule has 7 heteroatoms. The Hall–Kier alpha value is -2.83. The molecule has 1 amide bonds. The molecule has 1 aliphatic rings. The second kappa shape index (κ2) is 8.68. The molecule has 0 bridgehead atoms. The molecule has 1 aromatic heterocycles. The highest BCUT2D eigenvalue weighted by atomic mass is 35.5. The lowest BCUT2D eigenvalue weighted by Gasteiger charge is -2.34. The molecular weight excluding hydrogens is 390 g/mol. The molecule has 150 valence electrons. The highest BCUT2D eigenvalue weighted by Gasteiger charge is 2.23. The average Bonchev–Trinajstić information content (AvgIpc) is 3.23. The quantitative estimate of drug-likeness (QED) is 0.636. The topological polar surface area (TPSA) is 58.8 Å². The van der Waals surface area contributed by atoms with Crippen molar-refractivity contribution < 1.29 is 14.1 Å². The number of carbonyl (C=O) groups excluding carboxylic acids is 1. The number of nitrogens with zero attached hydrogens (tertiary/aromatic N) is 3. The molecule has 6 nitrogen and oxygen atoms in total. The number of hydrogen-bond donors (Lipinski definition) is 0. The minimum absolute atomic E-state index is 0.0442. The van der Waals surface area contributed by atoms with Gasteiger partial charge >= 0.3 is 0 Å². The first kappa shape index (κ1) is 19.5. The number of benzene rings is 2. The predicted molar refractivity (Wildman–Crippen MR) is 111 cm³/mol. The normalized spacial score (nSPS) is 14.8. The summed E-state index contributed by atoms with van der Waals surface area (Å²) in [6, 6.07) is 16.7. The molecule has 29 heavy (non-hydrogen) atoms. The zero-order valence-electron chi connectivity index (χ0n) is 16.2. The van der Waals surface area contributed by atoms with E-state index in [2.05, 4.69) is 10.1 Å². The van der Waals surface area contributed by atoms with Crippen LogP contribution in [0.1, 0.15) is 16.1 Å². The van der Waals surface area contributed by atoms with Gasteiger partial charge in [-0.2, -0.15) is 0 Å². The van der Waals surface area contributed by atoms with Crippen molar-refractivity contribution in [1.82, 2.24) is 15.0 Å². The van der Waals surface area contributed by atoms with E-state index in [4.69, 9.17) is 20.9 Å². The molecule has 3 aromatic rings. The van der Waals surface area contributed by atoms with E-state index < -0.39 is 0 Å². The zero-order valence-corrected chi connectivity index (χ0v) is 16.9. The molecule has 2 heterocycles. The van der Waals surface area contributed by atoms with Gasteiger partial charge in [-0.25, -0.2) is 0 Å². The molecule has 0 N–H and O–H groups in total. The van der Waals surface area contributed by atoms with Gasteiger partial charge in [0.2, 0.25) is 0 Å². The van der Waals surface area contributed by atoms with Gasteiger partial charge in [0, 0.05) is 48.4 Å². The van der Waals surface area contributed by atoms with Gasteiger partial charge in [0.1, 0.15) is 11.4 Å². The maximum atomic E-state index is 12.6. The molecule has 0 saturated carbocycles. The lowest BCUT2D eigenvalue weighted by Crippen LogP contribution is -2.48. The largest absolute Gasteiger partial charge is 0.497 e. The number of carbonyl (C=O) groups is 1. The molecule has 0 radical (unpaired) electrons. The summed E-state index contributed by atoms with van der Waals surface area (Å²) in [5.74, 6) is 1.67. The van der Waals surface area contributed by atoms with Crippen LogP contribution in [0.15, 0.2) is 59.1 Å². The minimum Gasteiger partial charge on any atom is -0.497 e. The van der Waals surface area contributed by atoms with Crippen molar-refractivity contribution in [2.75, 3.05) is 33.3 Å². The number of piperazine rings is 1. The van der Waals surface area contributed by atoms with Crippen molar-refractivity contribution in [3.8, 4) is 17.0 Å². The third-order valence-corrected chi connectivity index (χ3v) is 5.33. The Morgan fingerprint density at radius 1 is 1.07 bits per heavy atom. The van der Waals surface area contributed by atoms with Crippen molar-refractivity contribution >= 4 is 17.5 Å². The summed E-state index contributed by atoms with van der Waals surface area (Å²) in [6.07, 6.45) is 0. The Morgan fingerprint density at radius 2 is 1.76 bits per heavy atom. The molecule has 2 aromatic carbocycles. The smallest absolute Gasteiger partial charge is 0.253 e. The Kier molecular flexibility index (Phi) is 5.83. The summed E-state index contributed by atoms with van der Waals surface area (Å²) < 4.78 is 10.7. The molecule has 0 atom stereocenters. The van der Waals surface area contributed by atoms with Gasteiger partial charge in [0.25, 0.3) is 5.91 Å². The van der Waals surface area contributed by atoms with E-state index in [1.165, 1.54) is 0 Å². The zero-order chi connectivity index (χ0) is 20.2. The first-order chi connectivity index (χ1) is 14.1. The summed E-state index contributed by atoms with van der Waals surface area (Å²) in [5.41, 5.74) is 2.46. The molecule has 1 saturated heterocycles. The highest BCUT2D eigenvalue weighted by Crippen LogP contribution is 2.23. The fourth-order valence-electron chi connectivity index (χ4n) is 3.39. The average molecular weight is 412 g/mol. The van der Waals surface area contributed by atoms with Gasteiger partial charge in [-0.3, -0.25) is 9.69 Å². The van der Waals surface area contributed by atoms with Crippen LogP contribution in [-0.4, -0.2) is 54.2 Å². The minimum atomic E-state index is 0.0442. The Morgan fingerprint density at radius 3 is 2.41 bits per heavy atom. The second-order valence-corrected chi connectivity index (χ2v) is 7.42. The molecule has 1 aliphatic heterocycles. The number of aromatic nitrogens is 1. The molecular formula is C22H22ClN3O3. The van der Waals surface area contributed by atoms with Crippen LogP contribution < -0.4 is 4.74 Å². The SMILES string of the molecule is COc1ccc(-c2cc(CN3CCN(C(=O)c4ccc(Cl)cc4)CC3)on2)cc1. The highest BCUT2D eigenvalue weighted by molar-refractivity contribution is 6.30. The first-order valence-electron chi connectivity index (χ1n) is 9.49. The summed E-state index contributed by atoms with van der Waals surface area (Å²) >= 11 is 5.90. The van der Waals surface area contributed by atoms with E-state index >= 15 is 0 Å². The molecule has 4 rings (SSSR count). The van der Waals surface area contributed by atoms with Gasteiger partial charge in [-0.1, -0.05) is 16.8 Å². The maximum absolute atomic E-state index is 12.6. The van der Waals surface area contributed by atoms with Crippen LogP contribution in [0.4, 0.5) is 0 Å². The third kappa shape index (κ3) is 4.60. The number of halogens is 1. The standard InChI is InChI=1S/C22H22ClN3O3/c1-28-19-8-4-16(5-9-19)21-14-20(29-24-21)15-25-10-12-26(13-11-25)22(27)17-2-6-18(23)7-3-17/h2-9,14H,10-13,15H2,1H3. The van der Waals surface area contributed by atoms with E-state index in [9.17, 15) is 4.79 Å². The number of methoxy groups -OCH3 is 1. The fourth-order valence-corrected chi connectivity index (χ4v) is 3.52. The van der Waals surface area contributed by atoms with Crippen molar-refractivity contribution in [2.45, 2.75) is 6.54 Å². The van der Waals surface area contributed by atoms with E-state index in [0.717, 1.165) is 35.9 Å².